The molecule has 0 saturated heterocycles. The predicted octanol–water partition coefficient (Wildman–Crippen LogP) is 4.05. The minimum atomic E-state index is -0.406. The van der Waals surface area contributed by atoms with Crippen LogP contribution < -0.4 is 4.74 Å². The Morgan fingerprint density at radius 1 is 0.950 bits per heavy atom. The van der Waals surface area contributed by atoms with Gasteiger partial charge in [-0.2, -0.15) is 0 Å². The highest BCUT2D eigenvalue weighted by molar-refractivity contribution is 9.10. The van der Waals surface area contributed by atoms with Gasteiger partial charge in [0.1, 0.15) is 5.69 Å². The molecule has 0 N–H and O–H groups in total. The molecule has 0 unspecified atom stereocenters. The van der Waals surface area contributed by atoms with Crippen LogP contribution in [0.3, 0.4) is 0 Å². The number of halogens is 1. The van der Waals surface area contributed by atoms with E-state index in [0.29, 0.717) is 17.1 Å². The normalized spacial score (nSPS) is 15.4. The Morgan fingerprint density at radius 3 is 2.55 bits per heavy atom. The van der Waals surface area contributed by atoms with Gasteiger partial charge in [-0.1, -0.05) is 46.3 Å². The van der Waals surface area contributed by atoms with Gasteiger partial charge in [0.25, 0.3) is 0 Å². The van der Waals surface area contributed by atoms with Crippen LogP contribution in [0.1, 0.15) is 5.56 Å². The molecule has 0 aromatic heterocycles. The Kier molecular flexibility index (Phi) is 3.48. The molecule has 3 nitrogen and oxygen atoms in total. The SMILES string of the molecule is O=C1/C=C\C(c2ccccc2Br)=Nc2ccccc2O1. The fraction of sp³-hybridized carbons (Fsp3) is 0. The van der Waals surface area contributed by atoms with Crippen LogP contribution in [-0.4, -0.2) is 11.7 Å². The first-order valence-corrected chi connectivity index (χ1v) is 6.86. The summed E-state index contributed by atoms with van der Waals surface area (Å²) < 4.78 is 6.13. The fourth-order valence-electron chi connectivity index (χ4n) is 1.91. The largest absolute Gasteiger partial charge is 0.421 e. The molecule has 3 rings (SSSR count). The zero-order valence-electron chi connectivity index (χ0n) is 10.4. The molecule has 1 heterocycles. The van der Waals surface area contributed by atoms with Crippen molar-refractivity contribution in [3.05, 3.63) is 70.7 Å². The number of carbonyl (C=O) groups excluding carboxylic acids is 1. The van der Waals surface area contributed by atoms with Gasteiger partial charge in [-0.05, 0) is 24.3 Å². The summed E-state index contributed by atoms with van der Waals surface area (Å²) in [6.45, 7) is 0. The Hall–Kier alpha value is -2.20. The highest BCUT2D eigenvalue weighted by Gasteiger charge is 2.12. The van der Waals surface area contributed by atoms with Gasteiger partial charge in [0.2, 0.25) is 0 Å². The number of allylic oxidation sites excluding steroid dienone is 1. The lowest BCUT2D eigenvalue weighted by Gasteiger charge is -2.11. The monoisotopic (exact) mass is 327 g/mol. The average Bonchev–Trinajstić information content (AvgIpc) is 2.44. The van der Waals surface area contributed by atoms with Crippen LogP contribution in [0.15, 0.2) is 70.1 Å². The molecule has 4 heteroatoms. The number of hydrogen-bond donors (Lipinski definition) is 0. The molecule has 0 atom stereocenters. The molecule has 2 aromatic carbocycles. The molecule has 1 aliphatic heterocycles. The van der Waals surface area contributed by atoms with E-state index in [1.165, 1.54) is 6.08 Å². The van der Waals surface area contributed by atoms with E-state index in [0.717, 1.165) is 10.0 Å². The predicted molar refractivity (Wildman–Crippen MR) is 81.6 cm³/mol. The van der Waals surface area contributed by atoms with E-state index < -0.39 is 5.97 Å². The third-order valence-corrected chi connectivity index (χ3v) is 3.54. The van der Waals surface area contributed by atoms with Crippen molar-refractivity contribution in [1.82, 2.24) is 0 Å². The van der Waals surface area contributed by atoms with Crippen molar-refractivity contribution in [3.8, 4) is 5.75 Å². The van der Waals surface area contributed by atoms with Gasteiger partial charge in [-0.3, -0.25) is 0 Å². The first kappa shape index (κ1) is 12.8. The van der Waals surface area contributed by atoms with Crippen molar-refractivity contribution in [2.45, 2.75) is 0 Å². The van der Waals surface area contributed by atoms with Crippen molar-refractivity contribution >= 4 is 33.3 Å². The summed E-state index contributed by atoms with van der Waals surface area (Å²) in [6, 6.07) is 15.0. The molecule has 0 fully saturated rings. The van der Waals surface area contributed by atoms with E-state index in [2.05, 4.69) is 20.9 Å². The van der Waals surface area contributed by atoms with E-state index in [1.54, 1.807) is 12.1 Å². The molecule has 0 bridgehead atoms. The summed E-state index contributed by atoms with van der Waals surface area (Å²) in [5.74, 6) is 0.0586. The van der Waals surface area contributed by atoms with E-state index >= 15 is 0 Å². The van der Waals surface area contributed by atoms with Gasteiger partial charge in [0, 0.05) is 16.1 Å². The van der Waals surface area contributed by atoms with Crippen LogP contribution in [-0.2, 0) is 4.79 Å². The Labute approximate surface area is 124 Å². The Morgan fingerprint density at radius 2 is 1.70 bits per heavy atom. The van der Waals surface area contributed by atoms with Gasteiger partial charge >= 0.3 is 5.97 Å². The summed E-state index contributed by atoms with van der Waals surface area (Å²) in [7, 11) is 0. The molecule has 98 valence electrons. The van der Waals surface area contributed by atoms with E-state index in [1.807, 2.05) is 42.5 Å². The number of carbonyl (C=O) groups is 1. The van der Waals surface area contributed by atoms with Crippen LogP contribution in [0.5, 0.6) is 5.75 Å². The zero-order chi connectivity index (χ0) is 13.9. The van der Waals surface area contributed by atoms with E-state index in [-0.39, 0.29) is 0 Å². The highest BCUT2D eigenvalue weighted by atomic mass is 79.9. The highest BCUT2D eigenvalue weighted by Crippen LogP contribution is 2.30. The first-order valence-electron chi connectivity index (χ1n) is 6.06. The second-order valence-corrected chi connectivity index (χ2v) is 5.05. The van der Waals surface area contributed by atoms with Crippen LogP contribution in [0.25, 0.3) is 0 Å². The number of nitrogens with zero attached hydrogens (tertiary/aromatic N) is 1. The number of para-hydroxylation sites is 2. The van der Waals surface area contributed by atoms with Gasteiger partial charge < -0.3 is 4.74 Å². The van der Waals surface area contributed by atoms with Crippen LogP contribution in [0, 0.1) is 0 Å². The summed E-state index contributed by atoms with van der Waals surface area (Å²) in [5, 5.41) is 0. The van der Waals surface area contributed by atoms with Gasteiger partial charge in [-0.15, -0.1) is 0 Å². The molecule has 0 aliphatic carbocycles. The minimum absolute atomic E-state index is 0.406. The number of aliphatic imine (C=N–C) groups is 1. The Bertz CT molecular complexity index is 735. The third kappa shape index (κ3) is 2.56. The van der Waals surface area contributed by atoms with Crippen LogP contribution >= 0.6 is 15.9 Å². The molecule has 20 heavy (non-hydrogen) atoms. The smallest absolute Gasteiger partial charge is 0.336 e. The number of rotatable bonds is 1. The molecular formula is C16H10BrNO2. The van der Waals surface area contributed by atoms with Crippen molar-refractivity contribution in [2.24, 2.45) is 4.99 Å². The maximum atomic E-state index is 11.7. The molecule has 0 amide bonds. The second kappa shape index (κ2) is 5.43. The van der Waals surface area contributed by atoms with Gasteiger partial charge in [0.05, 0.1) is 5.71 Å². The van der Waals surface area contributed by atoms with Crippen molar-refractivity contribution in [1.29, 1.82) is 0 Å². The number of benzene rings is 2. The zero-order valence-corrected chi connectivity index (χ0v) is 12.0. The molecule has 2 aromatic rings. The number of fused-ring (bicyclic) bond motifs is 1. The second-order valence-electron chi connectivity index (χ2n) is 4.20. The lowest BCUT2D eigenvalue weighted by atomic mass is 10.1. The lowest BCUT2D eigenvalue weighted by molar-refractivity contribution is -0.128. The molecular weight excluding hydrogens is 318 g/mol. The number of ether oxygens (including phenoxy) is 1. The molecule has 0 radical (unpaired) electrons. The third-order valence-electron chi connectivity index (χ3n) is 2.84. The molecule has 0 spiro atoms. The average molecular weight is 328 g/mol. The standard InChI is InChI=1S/C16H10BrNO2/c17-12-6-2-1-5-11(12)13-9-10-16(19)20-15-8-4-3-7-14(15)18-13/h1-10H/b10-9-,18-13?. The minimum Gasteiger partial charge on any atom is -0.421 e. The summed E-state index contributed by atoms with van der Waals surface area (Å²) in [6.07, 6.45) is 3.05. The maximum Gasteiger partial charge on any atom is 0.336 e. The van der Waals surface area contributed by atoms with Crippen LogP contribution in [0.4, 0.5) is 5.69 Å². The van der Waals surface area contributed by atoms with Gasteiger partial charge in [0.15, 0.2) is 5.75 Å². The Balaban J connectivity index is 2.18. The van der Waals surface area contributed by atoms with E-state index in [9.17, 15) is 4.79 Å². The van der Waals surface area contributed by atoms with Crippen LogP contribution in [0.2, 0.25) is 0 Å². The first-order chi connectivity index (χ1) is 9.74. The van der Waals surface area contributed by atoms with Crippen molar-refractivity contribution in [3.63, 3.8) is 0 Å². The van der Waals surface area contributed by atoms with E-state index in [4.69, 9.17) is 4.74 Å². The number of hydrogen-bond acceptors (Lipinski definition) is 3. The van der Waals surface area contributed by atoms with Gasteiger partial charge in [-0.25, -0.2) is 9.79 Å². The summed E-state index contributed by atoms with van der Waals surface area (Å²) >= 11 is 3.50. The fourth-order valence-corrected chi connectivity index (χ4v) is 2.40. The summed E-state index contributed by atoms with van der Waals surface area (Å²) in [4.78, 5) is 16.3. The summed E-state index contributed by atoms with van der Waals surface area (Å²) in [5.41, 5.74) is 2.27. The maximum absolute atomic E-state index is 11.7. The van der Waals surface area contributed by atoms with Crippen molar-refractivity contribution in [2.75, 3.05) is 0 Å². The quantitative estimate of drug-likeness (QED) is 0.585. The molecule has 1 aliphatic rings. The number of esters is 1. The van der Waals surface area contributed by atoms with Crippen molar-refractivity contribution < 1.29 is 9.53 Å². The topological polar surface area (TPSA) is 38.7 Å². The lowest BCUT2D eigenvalue weighted by Crippen LogP contribution is -2.08. The molecule has 0 saturated carbocycles.